The summed E-state index contributed by atoms with van der Waals surface area (Å²) in [6.07, 6.45) is 0. The van der Waals surface area contributed by atoms with Gasteiger partial charge in [-0.25, -0.2) is 9.97 Å². The molecule has 0 bridgehead atoms. The van der Waals surface area contributed by atoms with E-state index in [1.165, 1.54) is 0 Å². The van der Waals surface area contributed by atoms with E-state index in [0.717, 1.165) is 27.7 Å². The van der Waals surface area contributed by atoms with E-state index in [-0.39, 0.29) is 12.5 Å². The maximum atomic E-state index is 12.3. The second-order valence-electron chi connectivity index (χ2n) is 6.66. The molecule has 1 heterocycles. The van der Waals surface area contributed by atoms with Crippen molar-refractivity contribution in [3.8, 4) is 11.3 Å². The highest BCUT2D eigenvalue weighted by Crippen LogP contribution is 2.28. The van der Waals surface area contributed by atoms with Crippen molar-refractivity contribution in [3.05, 3.63) is 83.4 Å². The lowest BCUT2D eigenvalue weighted by atomic mass is 10.0. The number of amides is 1. The number of carbonyl (C=O) groups excluding carboxylic acids is 1. The molecule has 29 heavy (non-hydrogen) atoms. The van der Waals surface area contributed by atoms with E-state index in [0.29, 0.717) is 16.7 Å². The molecule has 0 radical (unpaired) electrons. The molecule has 6 heteroatoms. The second-order valence-corrected chi connectivity index (χ2v) is 7.07. The number of aryl methyl sites for hydroxylation is 1. The van der Waals surface area contributed by atoms with E-state index < -0.39 is 0 Å². The molecule has 2 N–H and O–H groups in total. The van der Waals surface area contributed by atoms with Crippen LogP contribution in [0.5, 0.6) is 0 Å². The molecule has 0 aliphatic carbocycles. The van der Waals surface area contributed by atoms with Crippen LogP contribution in [-0.4, -0.2) is 22.4 Å². The molecular weight excluding hydrogens is 384 g/mol. The predicted octanol–water partition coefficient (Wildman–Crippen LogP) is 5.31. The van der Waals surface area contributed by atoms with E-state index in [4.69, 9.17) is 11.6 Å². The van der Waals surface area contributed by atoms with Gasteiger partial charge in [0, 0.05) is 10.9 Å². The van der Waals surface area contributed by atoms with Gasteiger partial charge in [-0.2, -0.15) is 0 Å². The first kappa shape index (κ1) is 18.9. The number of nitrogens with one attached hydrogen (secondary N) is 2. The van der Waals surface area contributed by atoms with Crippen LogP contribution in [0.1, 0.15) is 5.56 Å². The quantitative estimate of drug-likeness (QED) is 0.474. The van der Waals surface area contributed by atoms with Crippen LogP contribution in [0, 0.1) is 6.92 Å². The predicted molar refractivity (Wildman–Crippen MR) is 118 cm³/mol. The van der Waals surface area contributed by atoms with Gasteiger partial charge in [-0.3, -0.25) is 4.79 Å². The van der Waals surface area contributed by atoms with Crippen molar-refractivity contribution in [3.63, 3.8) is 0 Å². The number of hydrogen-bond acceptors (Lipinski definition) is 4. The Kier molecular flexibility index (Phi) is 5.40. The summed E-state index contributed by atoms with van der Waals surface area (Å²) in [5.41, 5.74) is 4.35. The molecule has 0 unspecified atom stereocenters. The highest BCUT2D eigenvalue weighted by atomic mass is 35.5. The third-order valence-electron chi connectivity index (χ3n) is 4.45. The second kappa shape index (κ2) is 8.29. The summed E-state index contributed by atoms with van der Waals surface area (Å²) in [5, 5.41) is 7.27. The number of hydrogen-bond donors (Lipinski definition) is 2. The minimum absolute atomic E-state index is 0.0246. The average Bonchev–Trinajstić information content (AvgIpc) is 2.74. The van der Waals surface area contributed by atoms with Crippen LogP contribution >= 0.6 is 11.6 Å². The average molecular weight is 403 g/mol. The highest BCUT2D eigenvalue weighted by Gasteiger charge is 2.11. The summed E-state index contributed by atoms with van der Waals surface area (Å²) in [4.78, 5) is 21.6. The van der Waals surface area contributed by atoms with Crippen LogP contribution < -0.4 is 10.6 Å². The van der Waals surface area contributed by atoms with Crippen LogP contribution in [0.25, 0.3) is 22.2 Å². The van der Waals surface area contributed by atoms with Gasteiger partial charge in [0.25, 0.3) is 0 Å². The summed E-state index contributed by atoms with van der Waals surface area (Å²) in [7, 11) is 0. The lowest BCUT2D eigenvalue weighted by Crippen LogP contribution is -2.22. The molecule has 4 aromatic rings. The third kappa shape index (κ3) is 4.36. The fraction of sp³-hybridized carbons (Fsp3) is 0.0870. The summed E-state index contributed by atoms with van der Waals surface area (Å²) in [5.74, 6) is 0.168. The fourth-order valence-corrected chi connectivity index (χ4v) is 3.24. The molecule has 5 nitrogen and oxygen atoms in total. The Labute approximate surface area is 173 Å². The molecule has 0 saturated carbocycles. The van der Waals surface area contributed by atoms with Crippen LogP contribution in [0.3, 0.4) is 0 Å². The topological polar surface area (TPSA) is 66.9 Å². The molecule has 1 aromatic heterocycles. The van der Waals surface area contributed by atoms with Crippen molar-refractivity contribution in [1.82, 2.24) is 9.97 Å². The van der Waals surface area contributed by atoms with Gasteiger partial charge in [0.15, 0.2) is 0 Å². The van der Waals surface area contributed by atoms with Gasteiger partial charge < -0.3 is 10.6 Å². The zero-order chi connectivity index (χ0) is 20.2. The van der Waals surface area contributed by atoms with E-state index in [9.17, 15) is 4.79 Å². The van der Waals surface area contributed by atoms with E-state index in [1.807, 2.05) is 61.5 Å². The SMILES string of the molecule is Cc1ccc2nc(NCC(=O)Nc3ccccc3Cl)nc(-c3ccccc3)c2c1. The summed E-state index contributed by atoms with van der Waals surface area (Å²) < 4.78 is 0. The number of para-hydroxylation sites is 1. The van der Waals surface area contributed by atoms with Crippen molar-refractivity contribution in [2.24, 2.45) is 0 Å². The maximum absolute atomic E-state index is 12.3. The lowest BCUT2D eigenvalue weighted by molar-refractivity contribution is -0.114. The first-order valence-electron chi connectivity index (χ1n) is 9.22. The number of rotatable bonds is 5. The van der Waals surface area contributed by atoms with Gasteiger partial charge in [-0.05, 0) is 31.2 Å². The Morgan fingerprint density at radius 3 is 2.52 bits per heavy atom. The fourth-order valence-electron chi connectivity index (χ4n) is 3.05. The van der Waals surface area contributed by atoms with Gasteiger partial charge in [0.2, 0.25) is 11.9 Å². The number of halogens is 1. The summed E-state index contributed by atoms with van der Waals surface area (Å²) in [6.45, 7) is 2.07. The summed E-state index contributed by atoms with van der Waals surface area (Å²) in [6, 6.07) is 23.1. The largest absolute Gasteiger partial charge is 0.345 e. The van der Waals surface area contributed by atoms with Gasteiger partial charge in [0.05, 0.1) is 28.5 Å². The zero-order valence-corrected chi connectivity index (χ0v) is 16.6. The molecule has 3 aromatic carbocycles. The van der Waals surface area contributed by atoms with Crippen LogP contribution in [0.2, 0.25) is 5.02 Å². The molecule has 0 aliphatic rings. The Morgan fingerprint density at radius 2 is 1.72 bits per heavy atom. The monoisotopic (exact) mass is 402 g/mol. The maximum Gasteiger partial charge on any atom is 0.243 e. The Bertz CT molecular complexity index is 1180. The minimum atomic E-state index is -0.230. The Morgan fingerprint density at radius 1 is 0.966 bits per heavy atom. The van der Waals surface area contributed by atoms with Crippen LogP contribution in [0.15, 0.2) is 72.8 Å². The molecule has 0 spiro atoms. The molecular formula is C23H19ClN4O. The molecule has 0 aliphatic heterocycles. The smallest absolute Gasteiger partial charge is 0.243 e. The number of anilines is 2. The van der Waals surface area contributed by atoms with E-state index >= 15 is 0 Å². The van der Waals surface area contributed by atoms with Crippen LogP contribution in [0.4, 0.5) is 11.6 Å². The molecule has 0 fully saturated rings. The number of nitrogens with zero attached hydrogens (tertiary/aromatic N) is 2. The van der Waals surface area contributed by atoms with E-state index in [1.54, 1.807) is 12.1 Å². The highest BCUT2D eigenvalue weighted by molar-refractivity contribution is 6.33. The number of fused-ring (bicyclic) bond motifs is 1. The third-order valence-corrected chi connectivity index (χ3v) is 4.78. The van der Waals surface area contributed by atoms with Crippen molar-refractivity contribution in [2.45, 2.75) is 6.92 Å². The number of carbonyl (C=O) groups is 1. The first-order valence-corrected chi connectivity index (χ1v) is 9.60. The number of aromatic nitrogens is 2. The summed E-state index contributed by atoms with van der Waals surface area (Å²) >= 11 is 6.09. The molecule has 1 amide bonds. The number of benzene rings is 3. The lowest BCUT2D eigenvalue weighted by Gasteiger charge is -2.11. The Hall–Kier alpha value is -3.44. The van der Waals surface area contributed by atoms with Crippen molar-refractivity contribution >= 4 is 40.0 Å². The standard InChI is InChI=1S/C23H19ClN4O/c1-15-11-12-19-17(13-15)22(16-7-3-2-4-8-16)28-23(27-19)25-14-21(29)26-20-10-6-5-9-18(20)24/h2-13H,14H2,1H3,(H,26,29)(H,25,27,28). The van der Waals surface area contributed by atoms with Gasteiger partial charge in [-0.15, -0.1) is 0 Å². The van der Waals surface area contributed by atoms with Crippen molar-refractivity contribution < 1.29 is 4.79 Å². The van der Waals surface area contributed by atoms with E-state index in [2.05, 4.69) is 26.7 Å². The first-order chi connectivity index (χ1) is 14.1. The normalized spacial score (nSPS) is 10.7. The molecule has 0 saturated heterocycles. The molecule has 144 valence electrons. The van der Waals surface area contributed by atoms with Crippen molar-refractivity contribution in [1.29, 1.82) is 0 Å². The molecule has 0 atom stereocenters. The zero-order valence-electron chi connectivity index (χ0n) is 15.8. The minimum Gasteiger partial charge on any atom is -0.345 e. The van der Waals surface area contributed by atoms with Gasteiger partial charge in [-0.1, -0.05) is 65.7 Å². The molecule has 4 rings (SSSR count). The van der Waals surface area contributed by atoms with Crippen LogP contribution in [-0.2, 0) is 4.79 Å². The van der Waals surface area contributed by atoms with Crippen molar-refractivity contribution in [2.75, 3.05) is 17.2 Å². The Balaban J connectivity index is 1.60. The van der Waals surface area contributed by atoms with Gasteiger partial charge in [0.1, 0.15) is 0 Å². The van der Waals surface area contributed by atoms with Gasteiger partial charge >= 0.3 is 0 Å².